The fourth-order valence-corrected chi connectivity index (χ4v) is 22.2. The lowest BCUT2D eigenvalue weighted by molar-refractivity contribution is 0.590. The number of hydrogen-bond acceptors (Lipinski definition) is 2. The lowest BCUT2D eigenvalue weighted by Gasteiger charge is -2.45. The van der Waals surface area contributed by atoms with Gasteiger partial charge >= 0.3 is 0 Å². The molecule has 1 spiro atoms. The zero-order valence-corrected chi connectivity index (χ0v) is 72.9. The van der Waals surface area contributed by atoms with Crippen LogP contribution in [0, 0.1) is 0 Å². The van der Waals surface area contributed by atoms with Crippen molar-refractivity contribution in [1.29, 1.82) is 0 Å². The van der Waals surface area contributed by atoms with Crippen LogP contribution in [0.2, 0.25) is 0 Å². The van der Waals surface area contributed by atoms with E-state index >= 15 is 0 Å². The van der Waals surface area contributed by atoms with Crippen molar-refractivity contribution in [1.82, 2.24) is 9.13 Å². The van der Waals surface area contributed by atoms with Crippen LogP contribution in [-0.2, 0) is 47.5 Å². The Morgan fingerprint density at radius 2 is 0.694 bits per heavy atom. The zero-order valence-electron chi connectivity index (χ0n) is 72.9. The highest BCUT2D eigenvalue weighted by Gasteiger charge is 2.52. The first-order valence-electron chi connectivity index (χ1n) is 45.3. The van der Waals surface area contributed by atoms with E-state index in [9.17, 15) is 0 Å². The van der Waals surface area contributed by atoms with Gasteiger partial charge in [-0.25, -0.2) is 0 Å². The van der Waals surface area contributed by atoms with E-state index in [0.29, 0.717) is 0 Å². The zero-order chi connectivity index (χ0) is 83.9. The van der Waals surface area contributed by atoms with Crippen LogP contribution in [0.4, 0.5) is 22.7 Å². The van der Waals surface area contributed by atoms with E-state index in [-0.39, 0.29) is 23.0 Å². The van der Waals surface area contributed by atoms with Crippen molar-refractivity contribution in [2.45, 2.75) is 135 Å². The number of rotatable bonds is 18. The van der Waals surface area contributed by atoms with Gasteiger partial charge in [-0.15, -0.1) is 0 Å². The minimum absolute atomic E-state index is 0.00859. The first kappa shape index (κ1) is 76.9. The van der Waals surface area contributed by atoms with E-state index < -0.39 is 5.41 Å². The van der Waals surface area contributed by atoms with Crippen LogP contribution in [0.3, 0.4) is 0 Å². The molecule has 0 radical (unpaired) electrons. The van der Waals surface area contributed by atoms with Gasteiger partial charge in [-0.1, -0.05) is 348 Å². The van der Waals surface area contributed by atoms with E-state index in [2.05, 4.69) is 433 Å². The summed E-state index contributed by atoms with van der Waals surface area (Å²) in [4.78, 5) is 5.63. The molecule has 0 unspecified atom stereocenters. The molecule has 124 heavy (non-hydrogen) atoms. The maximum absolute atomic E-state index is 2.82. The van der Waals surface area contributed by atoms with E-state index in [1.165, 1.54) is 211 Å². The second-order valence-electron chi connectivity index (χ2n) is 38.6. The summed E-state index contributed by atoms with van der Waals surface area (Å²) in [7, 11) is 0. The van der Waals surface area contributed by atoms with Gasteiger partial charge in [0.2, 0.25) is 0 Å². The molecule has 22 rings (SSSR count). The van der Waals surface area contributed by atoms with E-state index in [1.54, 1.807) is 0 Å². The third-order valence-electron chi connectivity index (χ3n) is 28.3. The Kier molecular flexibility index (Phi) is 18.7. The highest BCUT2D eigenvalue weighted by molar-refractivity contribution is 7.00. The van der Waals surface area contributed by atoms with Crippen molar-refractivity contribution in [2.75, 3.05) is 22.9 Å². The summed E-state index contributed by atoms with van der Waals surface area (Å²) >= 11 is 0. The van der Waals surface area contributed by atoms with Gasteiger partial charge in [0.25, 0.3) is 6.71 Å². The van der Waals surface area contributed by atoms with Crippen molar-refractivity contribution in [2.24, 2.45) is 0 Å². The molecule has 16 aromatic carbocycles. The summed E-state index contributed by atoms with van der Waals surface area (Å²) in [5.74, 6) is 0. The maximum Gasteiger partial charge on any atom is 0.252 e. The average Bonchev–Trinajstić information content (AvgIpc) is 1.49. The number of para-hydroxylation sites is 1. The van der Waals surface area contributed by atoms with Crippen molar-refractivity contribution in [3.63, 3.8) is 0 Å². The topological polar surface area (TPSA) is 16.3 Å². The molecule has 2 aromatic heterocycles. The Hall–Kier alpha value is -13.2. The van der Waals surface area contributed by atoms with Crippen LogP contribution in [-0.4, -0.2) is 28.9 Å². The number of aromatic nitrogens is 2. The lowest BCUT2D eigenvalue weighted by Crippen LogP contribution is -2.62. The molecular weight excluding hydrogens is 1500 g/mol. The average molecular weight is 1600 g/mol. The molecule has 0 bridgehead atoms. The largest absolute Gasteiger partial charge is 0.342 e. The van der Waals surface area contributed by atoms with E-state index in [0.717, 1.165) is 64.6 Å². The van der Waals surface area contributed by atoms with E-state index in [1.807, 2.05) is 0 Å². The summed E-state index contributed by atoms with van der Waals surface area (Å²) in [6, 6.07) is 136. The number of unbranched alkanes of at least 4 members (excludes halogenated alkanes) is 2. The molecule has 0 saturated carbocycles. The molecule has 2 aliphatic carbocycles. The highest BCUT2D eigenvalue weighted by atomic mass is 15.2. The number of nitrogens with zero attached hydrogens (tertiary/aromatic N) is 4. The molecule has 0 amide bonds. The minimum Gasteiger partial charge on any atom is -0.342 e. The SMILES string of the molecule is CC(C)(C)c1cc2c3c(c1)N(CCCc1c(-c4ccccc4)cccc1-c1ccccc1)c1cc(CCn4c5ccc(C(C)(C)C)cc5c5cc(C(C)(C)C)ccc54)ccc1B3c1ccc(-n3c4ccccc4c4cc5c(cc43)C3(c4ccccc4-c4ccccc43)c3ccccc3-5)cc1N2CCCCCc1c(-c2ccccc2)cccc1-c1ccccc1. The van der Waals surface area contributed by atoms with Crippen molar-refractivity contribution in [3.05, 3.63) is 407 Å². The predicted octanol–water partition coefficient (Wildman–Crippen LogP) is 28.5. The summed E-state index contributed by atoms with van der Waals surface area (Å²) in [6.45, 7) is 23.8. The molecule has 0 saturated heterocycles. The number of fused-ring (bicyclic) bond motifs is 20. The minimum atomic E-state index is -0.502. The highest BCUT2D eigenvalue weighted by Crippen LogP contribution is 2.64. The molecule has 4 heterocycles. The van der Waals surface area contributed by atoms with Crippen LogP contribution in [0.5, 0.6) is 0 Å². The number of benzene rings is 16. The van der Waals surface area contributed by atoms with Gasteiger partial charge in [0, 0.05) is 80.6 Å². The third kappa shape index (κ3) is 12.7. The number of anilines is 4. The normalized spacial score (nSPS) is 13.5. The van der Waals surface area contributed by atoms with Gasteiger partial charge in [-0.05, 0) is 266 Å². The van der Waals surface area contributed by atoms with Crippen molar-refractivity contribution >= 4 is 89.5 Å². The fraction of sp³-hybridized carbons (Fsp3) is 0.193. The van der Waals surface area contributed by atoms with Crippen LogP contribution < -0.4 is 26.2 Å². The van der Waals surface area contributed by atoms with Gasteiger partial charge in [-0.3, -0.25) is 0 Å². The predicted molar refractivity (Wildman–Crippen MR) is 528 cm³/mol. The Morgan fingerprint density at radius 3 is 1.20 bits per heavy atom. The smallest absolute Gasteiger partial charge is 0.252 e. The van der Waals surface area contributed by atoms with Crippen molar-refractivity contribution < 1.29 is 0 Å². The Bertz CT molecular complexity index is 7010. The third-order valence-corrected chi connectivity index (χ3v) is 28.3. The van der Waals surface area contributed by atoms with Crippen LogP contribution in [0.15, 0.2) is 352 Å². The molecule has 604 valence electrons. The number of hydrogen-bond donors (Lipinski definition) is 0. The quantitative estimate of drug-likeness (QED) is 0.0629. The summed E-state index contributed by atoms with van der Waals surface area (Å²) in [5.41, 5.74) is 44.1. The molecular formula is C119H105BN4. The van der Waals surface area contributed by atoms with Crippen LogP contribution in [0.1, 0.15) is 144 Å². The Labute approximate surface area is 731 Å². The van der Waals surface area contributed by atoms with E-state index in [4.69, 9.17) is 0 Å². The maximum atomic E-state index is 2.82. The fourth-order valence-electron chi connectivity index (χ4n) is 22.2. The van der Waals surface area contributed by atoms with Gasteiger partial charge in [0.15, 0.2) is 0 Å². The monoisotopic (exact) mass is 1600 g/mol. The molecule has 0 atom stereocenters. The molecule has 0 fully saturated rings. The van der Waals surface area contributed by atoms with Crippen molar-refractivity contribution in [3.8, 4) is 72.4 Å². The summed E-state index contributed by atoms with van der Waals surface area (Å²) < 4.78 is 5.27. The van der Waals surface area contributed by atoms with Crippen LogP contribution >= 0.6 is 0 Å². The van der Waals surface area contributed by atoms with Gasteiger partial charge in [0.05, 0.1) is 16.4 Å². The van der Waals surface area contributed by atoms with Gasteiger partial charge in [0.1, 0.15) is 0 Å². The first-order valence-corrected chi connectivity index (χ1v) is 45.3. The molecule has 18 aromatic rings. The first-order chi connectivity index (χ1) is 60.4. The summed E-state index contributed by atoms with van der Waals surface area (Å²) in [6.07, 6.45) is 6.77. The Balaban J connectivity index is 0.725. The second kappa shape index (κ2) is 30.1. The molecule has 4 nitrogen and oxygen atoms in total. The summed E-state index contributed by atoms with van der Waals surface area (Å²) in [5, 5.41) is 5.21. The molecule has 5 heteroatoms. The lowest BCUT2D eigenvalue weighted by atomic mass is 9.33. The second-order valence-corrected chi connectivity index (χ2v) is 38.6. The Morgan fingerprint density at radius 1 is 0.266 bits per heavy atom. The molecule has 0 N–H and O–H groups in total. The van der Waals surface area contributed by atoms with Gasteiger partial charge in [-0.2, -0.15) is 0 Å². The number of aryl methyl sites for hydroxylation is 2. The van der Waals surface area contributed by atoms with Gasteiger partial charge < -0.3 is 18.9 Å². The molecule has 4 aliphatic rings. The molecule has 2 aliphatic heterocycles. The standard InChI is InChI=1S/C119H105BN4/c1-116(2,3)83-59-64-107-98(71-83)99-72-84(117(4,5)6)60-65-108(99)123(107)69-66-78-58-62-105-111(70-78)122(68-35-53-92-89(81-40-19-12-20-41-81)51-34-52-90(92)82-42-21-13-22-43-82)114-74-85(118(7,8)9)73-113-115(114)120(105)106-63-61-86(75-112(106)121(113)67-32-14-23-44-91-87(79-36-15-10-16-37-79)49-33-50-88(91)80-38-17-11-18-39-80)124-109-57-31-27-48-96(109)100-76-97-95-47-26-30-56-103(95)119(104(97)77-110(100)124)101-54-28-24-45-93(101)94-46-25-29-55-102(94)119/h10-13,15-22,24-31,33-34,36-43,45-52,54-65,70-77H,14,23,32,35,44,53,66-69H2,1-9H3. The van der Waals surface area contributed by atoms with Crippen LogP contribution in [0.25, 0.3) is 116 Å².